The summed E-state index contributed by atoms with van der Waals surface area (Å²) in [5, 5.41) is 9.35. The number of aromatic nitrogens is 1. The van der Waals surface area contributed by atoms with Gasteiger partial charge in [-0.1, -0.05) is 6.92 Å². The van der Waals surface area contributed by atoms with E-state index in [9.17, 15) is 5.11 Å². The monoisotopic (exact) mass is 218 g/mol. The molecule has 4 heteroatoms. The molecule has 0 spiro atoms. The average Bonchev–Trinajstić information content (AvgIpc) is 2.83. The van der Waals surface area contributed by atoms with Crippen molar-refractivity contribution in [2.75, 3.05) is 18.0 Å². The fourth-order valence-electron chi connectivity index (χ4n) is 2.15. The minimum Gasteiger partial charge on any atom is -0.508 e. The highest BCUT2D eigenvalue weighted by atomic mass is 16.4. The molecule has 0 unspecified atom stereocenters. The third-order valence-corrected chi connectivity index (χ3v) is 3.06. The average molecular weight is 218 g/mol. The van der Waals surface area contributed by atoms with Crippen molar-refractivity contribution in [3.8, 4) is 5.75 Å². The van der Waals surface area contributed by atoms with E-state index in [0.717, 1.165) is 18.6 Å². The molecular weight excluding hydrogens is 204 g/mol. The van der Waals surface area contributed by atoms with Crippen molar-refractivity contribution >= 4 is 17.1 Å². The van der Waals surface area contributed by atoms with Gasteiger partial charge in [0.1, 0.15) is 11.3 Å². The smallest absolute Gasteiger partial charge is 0.298 e. The molecule has 1 aliphatic rings. The summed E-state index contributed by atoms with van der Waals surface area (Å²) in [5.41, 5.74) is 1.45. The van der Waals surface area contributed by atoms with Crippen LogP contribution in [0.3, 0.4) is 0 Å². The van der Waals surface area contributed by atoms with Gasteiger partial charge in [-0.3, -0.25) is 0 Å². The Morgan fingerprint density at radius 3 is 3.12 bits per heavy atom. The van der Waals surface area contributed by atoms with E-state index in [0.29, 0.717) is 17.5 Å². The number of nitrogens with zero attached hydrogens (tertiary/aromatic N) is 2. The number of phenolic OH excluding ortho intramolecular Hbond substituents is 1. The van der Waals surface area contributed by atoms with Crippen molar-refractivity contribution < 1.29 is 9.52 Å². The number of phenols is 1. The first-order valence-corrected chi connectivity index (χ1v) is 5.57. The summed E-state index contributed by atoms with van der Waals surface area (Å²) in [7, 11) is 0. The van der Waals surface area contributed by atoms with Gasteiger partial charge in [0, 0.05) is 19.2 Å². The Bertz CT molecular complexity index is 521. The van der Waals surface area contributed by atoms with Crippen LogP contribution < -0.4 is 4.90 Å². The largest absolute Gasteiger partial charge is 0.508 e. The van der Waals surface area contributed by atoms with Crippen LogP contribution in [-0.2, 0) is 0 Å². The zero-order chi connectivity index (χ0) is 11.1. The van der Waals surface area contributed by atoms with E-state index in [1.165, 1.54) is 6.42 Å². The molecule has 1 aromatic heterocycles. The molecule has 0 radical (unpaired) electrons. The molecule has 0 saturated carbocycles. The van der Waals surface area contributed by atoms with Gasteiger partial charge in [0.05, 0.1) is 0 Å². The first kappa shape index (κ1) is 9.51. The third-order valence-electron chi connectivity index (χ3n) is 3.06. The molecule has 1 aromatic carbocycles. The second kappa shape index (κ2) is 3.40. The zero-order valence-electron chi connectivity index (χ0n) is 9.18. The molecule has 3 rings (SSSR count). The van der Waals surface area contributed by atoms with E-state index in [4.69, 9.17) is 4.42 Å². The lowest BCUT2D eigenvalue weighted by molar-refractivity contribution is 0.474. The van der Waals surface area contributed by atoms with E-state index in [1.807, 2.05) is 0 Å². The number of aromatic hydroxyl groups is 1. The van der Waals surface area contributed by atoms with Gasteiger partial charge in [0.25, 0.3) is 6.01 Å². The maximum atomic E-state index is 9.35. The van der Waals surface area contributed by atoms with Gasteiger partial charge < -0.3 is 14.4 Å². The fraction of sp³-hybridized carbons (Fsp3) is 0.417. The molecule has 0 amide bonds. The Kier molecular flexibility index (Phi) is 2.02. The third kappa shape index (κ3) is 1.50. The number of rotatable bonds is 1. The van der Waals surface area contributed by atoms with E-state index in [2.05, 4.69) is 16.8 Å². The molecule has 0 aliphatic carbocycles. The van der Waals surface area contributed by atoms with Crippen LogP contribution in [0.2, 0.25) is 0 Å². The number of hydrogen-bond donors (Lipinski definition) is 1. The van der Waals surface area contributed by atoms with Crippen LogP contribution in [0.1, 0.15) is 13.3 Å². The molecule has 1 N–H and O–H groups in total. The summed E-state index contributed by atoms with van der Waals surface area (Å²) in [6, 6.07) is 5.67. The molecule has 1 fully saturated rings. The van der Waals surface area contributed by atoms with Gasteiger partial charge in [-0.25, -0.2) is 0 Å². The molecule has 1 aliphatic heterocycles. The summed E-state index contributed by atoms with van der Waals surface area (Å²) in [4.78, 5) is 6.57. The van der Waals surface area contributed by atoms with Gasteiger partial charge in [-0.15, -0.1) is 0 Å². The molecule has 16 heavy (non-hydrogen) atoms. The quantitative estimate of drug-likeness (QED) is 0.798. The standard InChI is InChI=1S/C12H14N2O2/c1-8-4-5-14(7-8)12-13-10-3-2-9(15)6-11(10)16-12/h2-3,6,8,15H,4-5,7H2,1H3/t8-/m0/s1. The topological polar surface area (TPSA) is 49.5 Å². The number of hydrogen-bond acceptors (Lipinski definition) is 4. The lowest BCUT2D eigenvalue weighted by Crippen LogP contribution is -2.19. The Hall–Kier alpha value is -1.71. The Balaban J connectivity index is 1.99. The predicted molar refractivity (Wildman–Crippen MR) is 61.7 cm³/mol. The Morgan fingerprint density at radius 1 is 1.50 bits per heavy atom. The second-order valence-electron chi connectivity index (χ2n) is 4.49. The van der Waals surface area contributed by atoms with Crippen LogP contribution >= 0.6 is 0 Å². The molecule has 1 saturated heterocycles. The fourth-order valence-corrected chi connectivity index (χ4v) is 2.15. The van der Waals surface area contributed by atoms with Gasteiger partial charge >= 0.3 is 0 Å². The number of anilines is 1. The molecular formula is C12H14N2O2. The maximum absolute atomic E-state index is 9.35. The minimum absolute atomic E-state index is 0.213. The van der Waals surface area contributed by atoms with E-state index >= 15 is 0 Å². The van der Waals surface area contributed by atoms with Crippen LogP contribution in [0.15, 0.2) is 22.6 Å². The lowest BCUT2D eigenvalue weighted by atomic mass is 10.2. The number of fused-ring (bicyclic) bond motifs is 1. The molecule has 0 bridgehead atoms. The van der Waals surface area contributed by atoms with Crippen molar-refractivity contribution in [3.63, 3.8) is 0 Å². The minimum atomic E-state index is 0.213. The van der Waals surface area contributed by atoms with Crippen LogP contribution in [0.4, 0.5) is 6.01 Å². The van der Waals surface area contributed by atoms with Gasteiger partial charge in [0.15, 0.2) is 5.58 Å². The molecule has 4 nitrogen and oxygen atoms in total. The molecule has 2 aromatic rings. The normalized spacial score (nSPS) is 20.8. The van der Waals surface area contributed by atoms with Crippen LogP contribution in [0, 0.1) is 5.92 Å². The van der Waals surface area contributed by atoms with Crippen molar-refractivity contribution in [3.05, 3.63) is 18.2 Å². The highest BCUT2D eigenvalue weighted by molar-refractivity contribution is 5.76. The van der Waals surface area contributed by atoms with Crippen molar-refractivity contribution in [1.29, 1.82) is 0 Å². The van der Waals surface area contributed by atoms with Gasteiger partial charge in [-0.05, 0) is 24.5 Å². The highest BCUT2D eigenvalue weighted by Gasteiger charge is 2.22. The van der Waals surface area contributed by atoms with Crippen LogP contribution in [-0.4, -0.2) is 23.2 Å². The Labute approximate surface area is 93.5 Å². The lowest BCUT2D eigenvalue weighted by Gasteiger charge is -2.11. The summed E-state index contributed by atoms with van der Waals surface area (Å²) < 4.78 is 5.64. The number of oxazole rings is 1. The summed E-state index contributed by atoms with van der Waals surface area (Å²) >= 11 is 0. The molecule has 1 atom stereocenters. The first-order chi connectivity index (χ1) is 7.72. The van der Waals surface area contributed by atoms with Crippen LogP contribution in [0.5, 0.6) is 5.75 Å². The first-order valence-electron chi connectivity index (χ1n) is 5.57. The van der Waals surface area contributed by atoms with Gasteiger partial charge in [0.2, 0.25) is 0 Å². The van der Waals surface area contributed by atoms with Crippen LogP contribution in [0.25, 0.3) is 11.1 Å². The van der Waals surface area contributed by atoms with E-state index in [1.54, 1.807) is 18.2 Å². The maximum Gasteiger partial charge on any atom is 0.298 e. The van der Waals surface area contributed by atoms with Crippen molar-refractivity contribution in [2.45, 2.75) is 13.3 Å². The highest BCUT2D eigenvalue weighted by Crippen LogP contribution is 2.28. The predicted octanol–water partition coefficient (Wildman–Crippen LogP) is 2.38. The number of benzene rings is 1. The van der Waals surface area contributed by atoms with Crippen molar-refractivity contribution in [2.24, 2.45) is 5.92 Å². The zero-order valence-corrected chi connectivity index (χ0v) is 9.18. The molecule has 84 valence electrons. The molecule has 2 heterocycles. The summed E-state index contributed by atoms with van der Waals surface area (Å²) in [6.07, 6.45) is 1.18. The second-order valence-corrected chi connectivity index (χ2v) is 4.49. The van der Waals surface area contributed by atoms with E-state index < -0.39 is 0 Å². The summed E-state index contributed by atoms with van der Waals surface area (Å²) in [5.74, 6) is 0.911. The van der Waals surface area contributed by atoms with Crippen molar-refractivity contribution in [1.82, 2.24) is 4.98 Å². The Morgan fingerprint density at radius 2 is 2.38 bits per heavy atom. The van der Waals surface area contributed by atoms with Gasteiger partial charge in [-0.2, -0.15) is 4.98 Å². The summed E-state index contributed by atoms with van der Waals surface area (Å²) in [6.45, 7) is 4.23. The SMILES string of the molecule is C[C@H]1CCN(c2nc3ccc(O)cc3o2)C1. The van der Waals surface area contributed by atoms with E-state index in [-0.39, 0.29) is 5.75 Å².